The van der Waals surface area contributed by atoms with Crippen LogP contribution in [0.1, 0.15) is 21.5 Å². The van der Waals surface area contributed by atoms with E-state index in [-0.39, 0.29) is 29.7 Å². The molecule has 0 N–H and O–H groups in total. The zero-order chi connectivity index (χ0) is 27.0. The summed E-state index contributed by atoms with van der Waals surface area (Å²) < 4.78 is 22.7. The number of rotatable bonds is 6. The molecule has 0 aromatic heterocycles. The topological polar surface area (TPSA) is 91.4 Å². The van der Waals surface area contributed by atoms with Gasteiger partial charge in [-0.2, -0.15) is 0 Å². The van der Waals surface area contributed by atoms with Gasteiger partial charge < -0.3 is 18.9 Å². The summed E-state index contributed by atoms with van der Waals surface area (Å²) in [4.78, 5) is 39.9. The van der Waals surface area contributed by atoms with Crippen molar-refractivity contribution in [2.45, 2.75) is 6.54 Å². The average Bonchev–Trinajstić information content (AvgIpc) is 3.44. The molecule has 0 aliphatic carbocycles. The fourth-order valence-corrected chi connectivity index (χ4v) is 5.77. The first-order valence-electron chi connectivity index (χ1n) is 10.9. The predicted octanol–water partition coefficient (Wildman–Crippen LogP) is 7.06. The van der Waals surface area contributed by atoms with Crippen molar-refractivity contribution in [1.82, 2.24) is 4.90 Å². The molecule has 0 unspecified atom stereocenters. The van der Waals surface area contributed by atoms with Gasteiger partial charge >= 0.3 is 5.97 Å². The van der Waals surface area contributed by atoms with Crippen molar-refractivity contribution in [3.63, 3.8) is 0 Å². The number of amides is 2. The zero-order valence-corrected chi connectivity index (χ0v) is 24.2. The highest BCUT2D eigenvalue weighted by Crippen LogP contribution is 2.41. The molecular formula is C26H16Br2ClNO7S. The van der Waals surface area contributed by atoms with Gasteiger partial charge in [0.05, 0.1) is 28.6 Å². The molecule has 2 amide bonds. The van der Waals surface area contributed by atoms with E-state index in [9.17, 15) is 14.4 Å². The first-order valence-corrected chi connectivity index (χ1v) is 13.7. The van der Waals surface area contributed by atoms with Gasteiger partial charge in [-0.1, -0.05) is 23.7 Å². The molecule has 0 saturated carbocycles. The number of imide groups is 1. The van der Waals surface area contributed by atoms with Crippen molar-refractivity contribution >= 4 is 78.4 Å². The van der Waals surface area contributed by atoms with Crippen LogP contribution in [0.25, 0.3) is 6.08 Å². The number of esters is 1. The van der Waals surface area contributed by atoms with Gasteiger partial charge in [-0.05, 0) is 91.2 Å². The Balaban J connectivity index is 1.37. The van der Waals surface area contributed by atoms with Crippen LogP contribution in [0.3, 0.4) is 0 Å². The zero-order valence-electron chi connectivity index (χ0n) is 19.5. The van der Waals surface area contributed by atoms with Crippen molar-refractivity contribution in [2.24, 2.45) is 0 Å². The van der Waals surface area contributed by atoms with Gasteiger partial charge in [0.2, 0.25) is 6.79 Å². The molecule has 0 atom stereocenters. The van der Waals surface area contributed by atoms with Gasteiger partial charge in [-0.25, -0.2) is 4.79 Å². The molecule has 12 heteroatoms. The molecule has 2 aliphatic rings. The van der Waals surface area contributed by atoms with E-state index < -0.39 is 17.1 Å². The number of nitrogens with zero attached hydrogens (tertiary/aromatic N) is 1. The average molecular weight is 682 g/mol. The van der Waals surface area contributed by atoms with Crippen LogP contribution in [-0.2, 0) is 11.3 Å². The Bertz CT molecular complexity index is 1530. The van der Waals surface area contributed by atoms with Gasteiger partial charge in [0, 0.05) is 15.6 Å². The van der Waals surface area contributed by atoms with Crippen molar-refractivity contribution < 1.29 is 33.3 Å². The van der Waals surface area contributed by atoms with Gasteiger partial charge in [0.1, 0.15) is 0 Å². The van der Waals surface area contributed by atoms with Crippen LogP contribution in [-0.4, -0.2) is 35.9 Å². The second kappa shape index (κ2) is 11.0. The van der Waals surface area contributed by atoms with E-state index >= 15 is 0 Å². The molecule has 0 spiro atoms. The van der Waals surface area contributed by atoms with Gasteiger partial charge in [-0.3, -0.25) is 14.5 Å². The minimum Gasteiger partial charge on any atom is -0.493 e. The lowest BCUT2D eigenvalue weighted by atomic mass is 10.1. The monoisotopic (exact) mass is 679 g/mol. The lowest BCUT2D eigenvalue weighted by Gasteiger charge is -2.14. The quantitative estimate of drug-likeness (QED) is 0.155. The summed E-state index contributed by atoms with van der Waals surface area (Å²) in [6.45, 7) is 0.0642. The third-order valence-electron chi connectivity index (χ3n) is 5.58. The third kappa shape index (κ3) is 5.28. The molecule has 194 valence electrons. The summed E-state index contributed by atoms with van der Waals surface area (Å²) >= 11 is 13.9. The van der Waals surface area contributed by atoms with Crippen LogP contribution in [0.2, 0.25) is 5.02 Å². The molecule has 38 heavy (non-hydrogen) atoms. The van der Waals surface area contributed by atoms with Gasteiger partial charge in [-0.15, -0.1) is 0 Å². The Morgan fingerprint density at radius 3 is 2.58 bits per heavy atom. The highest BCUT2D eigenvalue weighted by atomic mass is 79.9. The Labute approximate surface area is 243 Å². The Morgan fingerprint density at radius 2 is 1.84 bits per heavy atom. The van der Waals surface area contributed by atoms with E-state index in [1.165, 1.54) is 7.11 Å². The minimum atomic E-state index is -0.576. The molecule has 3 aromatic rings. The normalized spacial score (nSPS) is 15.4. The number of hydrogen-bond donors (Lipinski definition) is 0. The van der Waals surface area contributed by atoms with E-state index in [1.54, 1.807) is 54.6 Å². The van der Waals surface area contributed by atoms with E-state index in [4.69, 9.17) is 30.5 Å². The van der Waals surface area contributed by atoms with Crippen LogP contribution in [0, 0.1) is 0 Å². The van der Waals surface area contributed by atoms with Crippen LogP contribution >= 0.6 is 55.2 Å². The molecule has 3 aromatic carbocycles. The van der Waals surface area contributed by atoms with E-state index in [0.717, 1.165) is 16.7 Å². The number of ether oxygens (including phenoxy) is 4. The maximum atomic E-state index is 13.1. The summed E-state index contributed by atoms with van der Waals surface area (Å²) in [6, 6.07) is 13.4. The largest absolute Gasteiger partial charge is 0.493 e. The standard InChI is InChI=1S/C26H16Br2ClNO7S/c1-34-21-7-13(6-17(28)23(21)37-25(32)15-4-2-3-5-16(15)27)8-22-24(31)30(26(33)38-22)11-14-9-19-20(10-18(14)29)36-12-35-19/h2-10H,11-12H2,1H3/b22-8-. The molecule has 1 fully saturated rings. The maximum absolute atomic E-state index is 13.1. The third-order valence-corrected chi connectivity index (χ3v) is 8.12. The summed E-state index contributed by atoms with van der Waals surface area (Å²) in [6.07, 6.45) is 1.57. The number of halogens is 3. The van der Waals surface area contributed by atoms with Gasteiger partial charge in [0.25, 0.3) is 11.1 Å². The van der Waals surface area contributed by atoms with Crippen molar-refractivity contribution in [3.05, 3.63) is 84.1 Å². The van der Waals surface area contributed by atoms with Crippen molar-refractivity contribution in [1.29, 1.82) is 0 Å². The first-order chi connectivity index (χ1) is 18.2. The first kappa shape index (κ1) is 26.6. The molecule has 0 bridgehead atoms. The highest BCUT2D eigenvalue weighted by Gasteiger charge is 2.36. The fourth-order valence-electron chi connectivity index (χ4n) is 3.74. The molecule has 5 rings (SSSR count). The van der Waals surface area contributed by atoms with E-state index in [1.807, 2.05) is 0 Å². The Morgan fingerprint density at radius 1 is 1.11 bits per heavy atom. The number of hydrogen-bond acceptors (Lipinski definition) is 8. The lowest BCUT2D eigenvalue weighted by Crippen LogP contribution is -2.27. The second-order valence-corrected chi connectivity index (χ2v) is 11.1. The number of benzene rings is 3. The molecule has 0 radical (unpaired) electrons. The minimum absolute atomic E-state index is 0.0194. The highest BCUT2D eigenvalue weighted by molar-refractivity contribution is 9.10. The molecule has 1 saturated heterocycles. The number of carbonyl (C=O) groups excluding carboxylic acids is 3. The number of thioether (sulfide) groups is 1. The molecular weight excluding hydrogens is 666 g/mol. The molecule has 2 aliphatic heterocycles. The second-order valence-electron chi connectivity index (χ2n) is 7.97. The molecule has 8 nitrogen and oxygen atoms in total. The number of carbonyl (C=O) groups is 3. The smallest absolute Gasteiger partial charge is 0.344 e. The molecule has 2 heterocycles. The predicted molar refractivity (Wildman–Crippen MR) is 149 cm³/mol. The Hall–Kier alpha value is -2.99. The number of methoxy groups -OCH3 is 1. The van der Waals surface area contributed by atoms with E-state index in [0.29, 0.717) is 42.2 Å². The summed E-state index contributed by atoms with van der Waals surface area (Å²) in [5, 5.41) is -0.0707. The maximum Gasteiger partial charge on any atom is 0.344 e. The SMILES string of the molecule is COc1cc(/C=C2\SC(=O)N(Cc3cc4c(cc3Cl)OCO4)C2=O)cc(Br)c1OC(=O)c1ccccc1Br. The lowest BCUT2D eigenvalue weighted by molar-refractivity contribution is -0.123. The van der Waals surface area contributed by atoms with E-state index in [2.05, 4.69) is 31.9 Å². The summed E-state index contributed by atoms with van der Waals surface area (Å²) in [7, 11) is 1.43. The Kier molecular flexibility index (Phi) is 7.71. The fraction of sp³-hybridized carbons (Fsp3) is 0.115. The van der Waals surface area contributed by atoms with Crippen LogP contribution in [0.15, 0.2) is 62.4 Å². The van der Waals surface area contributed by atoms with Crippen LogP contribution in [0.5, 0.6) is 23.0 Å². The van der Waals surface area contributed by atoms with Gasteiger partial charge in [0.15, 0.2) is 23.0 Å². The number of fused-ring (bicyclic) bond motifs is 1. The summed E-state index contributed by atoms with van der Waals surface area (Å²) in [5.74, 6) is 0.413. The summed E-state index contributed by atoms with van der Waals surface area (Å²) in [5.41, 5.74) is 1.46. The van der Waals surface area contributed by atoms with Crippen molar-refractivity contribution in [2.75, 3.05) is 13.9 Å². The van der Waals surface area contributed by atoms with Crippen LogP contribution in [0.4, 0.5) is 4.79 Å². The van der Waals surface area contributed by atoms with Crippen LogP contribution < -0.4 is 18.9 Å². The van der Waals surface area contributed by atoms with Crippen molar-refractivity contribution in [3.8, 4) is 23.0 Å².